The highest BCUT2D eigenvalue weighted by Crippen LogP contribution is 2.30. The van der Waals surface area contributed by atoms with E-state index in [1.807, 2.05) is 17.0 Å². The minimum atomic E-state index is -2.62. The number of amides is 1. The van der Waals surface area contributed by atoms with E-state index >= 15 is 0 Å². The molecule has 0 bridgehead atoms. The molecule has 0 saturated carbocycles. The molecule has 1 aromatic heterocycles. The maximum absolute atomic E-state index is 13.2. The number of aromatic nitrogens is 2. The van der Waals surface area contributed by atoms with Gasteiger partial charge in [0, 0.05) is 44.4 Å². The molecule has 0 spiro atoms. The van der Waals surface area contributed by atoms with Crippen LogP contribution >= 0.6 is 0 Å². The van der Waals surface area contributed by atoms with E-state index in [4.69, 9.17) is 0 Å². The van der Waals surface area contributed by atoms with E-state index in [0.717, 1.165) is 11.5 Å². The fourth-order valence-corrected chi connectivity index (χ4v) is 3.03. The van der Waals surface area contributed by atoms with Gasteiger partial charge in [0.15, 0.2) is 5.82 Å². The Morgan fingerprint density at radius 2 is 1.79 bits per heavy atom. The molecule has 7 heteroatoms. The van der Waals surface area contributed by atoms with Crippen LogP contribution in [0.1, 0.15) is 39.3 Å². The summed E-state index contributed by atoms with van der Waals surface area (Å²) in [4.78, 5) is 15.9. The van der Waals surface area contributed by atoms with Gasteiger partial charge in [-0.2, -0.15) is 5.10 Å². The van der Waals surface area contributed by atoms with Gasteiger partial charge in [-0.15, -0.1) is 5.10 Å². The molecule has 0 atom stereocenters. The molecule has 1 aromatic rings. The number of nitrogens with zero attached hydrogens (tertiary/aromatic N) is 4. The lowest BCUT2D eigenvalue weighted by molar-refractivity contribution is -0.142. The lowest BCUT2D eigenvalue weighted by Crippen LogP contribution is -2.56. The second kappa shape index (κ2) is 5.93. The molecule has 0 radical (unpaired) electrons. The van der Waals surface area contributed by atoms with Crippen molar-refractivity contribution < 1.29 is 13.6 Å². The topological polar surface area (TPSA) is 49.3 Å². The highest BCUT2D eigenvalue weighted by atomic mass is 19.3. The standard InChI is InChI=1S/C17H24F2N4O/c1-16(2,3)13-4-5-14(21-20-13)23-10-12(11-23)15(24)22-8-6-17(18,19)7-9-22/h4-5,12H,6-11H2,1-3H3. The van der Waals surface area contributed by atoms with Crippen LogP contribution in [0.15, 0.2) is 12.1 Å². The van der Waals surface area contributed by atoms with Crippen LogP contribution in [0.25, 0.3) is 0 Å². The summed E-state index contributed by atoms with van der Waals surface area (Å²) in [5.74, 6) is -1.99. The lowest BCUT2D eigenvalue weighted by Gasteiger charge is -2.42. The van der Waals surface area contributed by atoms with Crippen molar-refractivity contribution in [3.63, 3.8) is 0 Å². The van der Waals surface area contributed by atoms with Gasteiger partial charge < -0.3 is 9.80 Å². The first-order chi connectivity index (χ1) is 11.2. The van der Waals surface area contributed by atoms with Crippen LogP contribution in [0.5, 0.6) is 0 Å². The molecule has 0 N–H and O–H groups in total. The summed E-state index contributed by atoms with van der Waals surface area (Å²) in [6.45, 7) is 7.71. The lowest BCUT2D eigenvalue weighted by atomic mass is 9.92. The summed E-state index contributed by atoms with van der Waals surface area (Å²) in [5, 5.41) is 8.50. The molecule has 2 saturated heterocycles. The van der Waals surface area contributed by atoms with Gasteiger partial charge in [0.25, 0.3) is 5.92 Å². The largest absolute Gasteiger partial charge is 0.353 e. The number of rotatable bonds is 2. The van der Waals surface area contributed by atoms with Gasteiger partial charge in [-0.3, -0.25) is 4.79 Å². The zero-order valence-corrected chi connectivity index (χ0v) is 14.4. The van der Waals surface area contributed by atoms with Crippen molar-refractivity contribution in [2.24, 2.45) is 5.92 Å². The Labute approximate surface area is 141 Å². The van der Waals surface area contributed by atoms with Crippen molar-refractivity contribution >= 4 is 11.7 Å². The molecule has 2 aliphatic rings. The number of hydrogen-bond acceptors (Lipinski definition) is 4. The summed E-state index contributed by atoms with van der Waals surface area (Å²) in [5.41, 5.74) is 0.878. The second-order valence-corrected chi connectivity index (χ2v) is 7.81. The molecule has 2 fully saturated rings. The van der Waals surface area contributed by atoms with Gasteiger partial charge in [-0.25, -0.2) is 8.78 Å². The van der Waals surface area contributed by atoms with Gasteiger partial charge in [0.2, 0.25) is 5.91 Å². The van der Waals surface area contributed by atoms with Crippen molar-refractivity contribution in [1.29, 1.82) is 0 Å². The zero-order chi connectivity index (χ0) is 17.5. The van der Waals surface area contributed by atoms with Crippen LogP contribution in [-0.2, 0) is 10.2 Å². The van der Waals surface area contributed by atoms with E-state index in [0.29, 0.717) is 13.1 Å². The van der Waals surface area contributed by atoms with Gasteiger partial charge in [0.05, 0.1) is 11.6 Å². The van der Waals surface area contributed by atoms with Crippen LogP contribution in [-0.4, -0.2) is 53.1 Å². The van der Waals surface area contributed by atoms with E-state index in [1.54, 1.807) is 4.90 Å². The average molecular weight is 338 g/mol. The van der Waals surface area contributed by atoms with E-state index < -0.39 is 5.92 Å². The third-order valence-electron chi connectivity index (χ3n) is 4.78. The molecule has 5 nitrogen and oxygen atoms in total. The SMILES string of the molecule is CC(C)(C)c1ccc(N2CC(C(=O)N3CCC(F)(F)CC3)C2)nn1. The molecule has 132 valence electrons. The minimum Gasteiger partial charge on any atom is -0.353 e. The Hall–Kier alpha value is -1.79. The first-order valence-electron chi connectivity index (χ1n) is 8.41. The van der Waals surface area contributed by atoms with Gasteiger partial charge in [-0.05, 0) is 12.1 Å². The maximum Gasteiger partial charge on any atom is 0.251 e. The van der Waals surface area contributed by atoms with Crippen LogP contribution in [0.3, 0.4) is 0 Å². The van der Waals surface area contributed by atoms with Gasteiger partial charge >= 0.3 is 0 Å². The average Bonchev–Trinajstić information content (AvgIpc) is 2.45. The molecule has 0 aliphatic carbocycles. The highest BCUT2D eigenvalue weighted by molar-refractivity contribution is 5.82. The number of hydrogen-bond donors (Lipinski definition) is 0. The number of piperidine rings is 1. The Morgan fingerprint density at radius 1 is 1.17 bits per heavy atom. The first kappa shape index (κ1) is 17.0. The fourth-order valence-electron chi connectivity index (χ4n) is 3.03. The summed E-state index contributed by atoms with van der Waals surface area (Å²) >= 11 is 0. The highest BCUT2D eigenvalue weighted by Gasteiger charge is 2.40. The Kier molecular flexibility index (Phi) is 4.21. The van der Waals surface area contributed by atoms with E-state index in [-0.39, 0.29) is 43.2 Å². The first-order valence-corrected chi connectivity index (χ1v) is 8.41. The van der Waals surface area contributed by atoms with E-state index in [9.17, 15) is 13.6 Å². The normalized spacial score (nSPS) is 21.5. The van der Waals surface area contributed by atoms with Crippen LogP contribution in [0.4, 0.5) is 14.6 Å². The zero-order valence-electron chi connectivity index (χ0n) is 14.4. The van der Waals surface area contributed by atoms with Crippen LogP contribution in [0, 0.1) is 5.92 Å². The van der Waals surface area contributed by atoms with Crippen molar-refractivity contribution in [3.05, 3.63) is 17.8 Å². The number of carbonyl (C=O) groups is 1. The fraction of sp³-hybridized carbons (Fsp3) is 0.706. The Balaban J connectivity index is 1.53. The number of alkyl halides is 2. The van der Waals surface area contributed by atoms with E-state index in [2.05, 4.69) is 31.0 Å². The van der Waals surface area contributed by atoms with Gasteiger partial charge in [0.1, 0.15) is 0 Å². The summed E-state index contributed by atoms with van der Waals surface area (Å²) in [6, 6.07) is 3.89. The van der Waals surface area contributed by atoms with Crippen molar-refractivity contribution in [1.82, 2.24) is 15.1 Å². The molecule has 0 aromatic carbocycles. The summed E-state index contributed by atoms with van der Waals surface area (Å²) in [7, 11) is 0. The predicted octanol–water partition coefficient (Wildman–Crippen LogP) is 2.47. The maximum atomic E-state index is 13.2. The molecule has 24 heavy (non-hydrogen) atoms. The molecule has 3 heterocycles. The number of anilines is 1. The molecule has 2 aliphatic heterocycles. The van der Waals surface area contributed by atoms with Crippen molar-refractivity contribution in [2.45, 2.75) is 45.0 Å². The predicted molar refractivity (Wildman–Crippen MR) is 87.2 cm³/mol. The van der Waals surface area contributed by atoms with Crippen LogP contribution in [0.2, 0.25) is 0 Å². The monoisotopic (exact) mass is 338 g/mol. The molecular weight excluding hydrogens is 314 g/mol. The second-order valence-electron chi connectivity index (χ2n) is 7.81. The molecular formula is C17H24F2N4O. The third-order valence-corrected chi connectivity index (χ3v) is 4.78. The quantitative estimate of drug-likeness (QED) is 0.831. The third kappa shape index (κ3) is 3.49. The molecule has 0 unspecified atom stereocenters. The smallest absolute Gasteiger partial charge is 0.251 e. The molecule has 1 amide bonds. The Morgan fingerprint density at radius 3 is 2.29 bits per heavy atom. The summed E-state index contributed by atoms with van der Waals surface area (Å²) < 4.78 is 26.4. The summed E-state index contributed by atoms with van der Waals surface area (Å²) in [6.07, 6.45) is -0.455. The van der Waals surface area contributed by atoms with Crippen molar-refractivity contribution in [2.75, 3.05) is 31.1 Å². The number of carbonyl (C=O) groups excluding carboxylic acids is 1. The molecule has 3 rings (SSSR count). The van der Waals surface area contributed by atoms with Gasteiger partial charge in [-0.1, -0.05) is 20.8 Å². The Bertz CT molecular complexity index is 596. The number of likely N-dealkylation sites (tertiary alicyclic amines) is 1. The minimum absolute atomic E-state index is 0.0129. The number of halogens is 2. The van der Waals surface area contributed by atoms with Crippen LogP contribution < -0.4 is 4.90 Å². The van der Waals surface area contributed by atoms with Crippen molar-refractivity contribution in [3.8, 4) is 0 Å². The van der Waals surface area contributed by atoms with E-state index in [1.165, 1.54) is 0 Å².